The first-order valence-corrected chi connectivity index (χ1v) is 14.8. The second-order valence-electron chi connectivity index (χ2n) is 12.4. The van der Waals surface area contributed by atoms with Crippen molar-refractivity contribution in [1.29, 1.82) is 0 Å². The fourth-order valence-electron chi connectivity index (χ4n) is 7.59. The predicted molar refractivity (Wildman–Crippen MR) is 146 cm³/mol. The largest absolute Gasteiger partial charge is 0.416 e. The minimum absolute atomic E-state index is 0.196. The van der Waals surface area contributed by atoms with Crippen LogP contribution in [-0.4, -0.2) is 71.3 Å². The molecule has 4 rings (SSSR count). The van der Waals surface area contributed by atoms with E-state index in [4.69, 9.17) is 0 Å². The first-order valence-electron chi connectivity index (χ1n) is 14.8. The van der Waals surface area contributed by atoms with Crippen molar-refractivity contribution >= 4 is 18.0 Å². The van der Waals surface area contributed by atoms with Gasteiger partial charge >= 0.3 is 6.18 Å². The number of rotatable bonds is 9. The van der Waals surface area contributed by atoms with Crippen LogP contribution < -0.4 is 4.90 Å². The van der Waals surface area contributed by atoms with Gasteiger partial charge in [0.2, 0.25) is 5.91 Å². The Labute approximate surface area is 231 Å². The molecule has 6 nitrogen and oxygen atoms in total. The number of halogens is 3. The summed E-state index contributed by atoms with van der Waals surface area (Å²) in [6.45, 7) is 10.7. The van der Waals surface area contributed by atoms with Gasteiger partial charge in [0, 0.05) is 56.9 Å². The van der Waals surface area contributed by atoms with E-state index in [9.17, 15) is 22.8 Å². The number of carbonyl (C=O) groups excluding carboxylic acids is 2. The predicted octanol–water partition coefficient (Wildman–Crippen LogP) is 5.80. The van der Waals surface area contributed by atoms with Gasteiger partial charge in [-0.3, -0.25) is 9.69 Å². The van der Waals surface area contributed by atoms with E-state index in [1.165, 1.54) is 19.0 Å². The Hall–Kier alpha value is -2.16. The van der Waals surface area contributed by atoms with Crippen molar-refractivity contribution in [1.82, 2.24) is 14.8 Å². The van der Waals surface area contributed by atoms with E-state index < -0.39 is 17.2 Å². The third kappa shape index (κ3) is 6.28. The molecule has 0 radical (unpaired) electrons. The van der Waals surface area contributed by atoms with Crippen molar-refractivity contribution in [3.63, 3.8) is 0 Å². The molecule has 0 spiro atoms. The van der Waals surface area contributed by atoms with Crippen LogP contribution in [0.1, 0.15) is 84.6 Å². The van der Waals surface area contributed by atoms with Crippen LogP contribution in [0, 0.1) is 17.3 Å². The third-order valence-corrected chi connectivity index (χ3v) is 9.69. The molecule has 3 aliphatic rings. The van der Waals surface area contributed by atoms with Crippen LogP contribution in [0.5, 0.6) is 0 Å². The summed E-state index contributed by atoms with van der Waals surface area (Å²) >= 11 is 0. The Bertz CT molecular complexity index is 993. The summed E-state index contributed by atoms with van der Waals surface area (Å²) in [5, 5.41) is 0. The molecule has 2 saturated carbocycles. The molecule has 0 N–H and O–H groups in total. The molecule has 2 unspecified atom stereocenters. The number of anilines is 1. The lowest BCUT2D eigenvalue weighted by molar-refractivity contribution is -0.145. The normalized spacial score (nSPS) is 28.2. The molecule has 218 valence electrons. The highest BCUT2D eigenvalue weighted by Gasteiger charge is 2.52. The van der Waals surface area contributed by atoms with Gasteiger partial charge in [0.15, 0.2) is 0 Å². The summed E-state index contributed by atoms with van der Waals surface area (Å²) in [4.78, 5) is 35.8. The molecule has 1 aliphatic heterocycles. The summed E-state index contributed by atoms with van der Waals surface area (Å²) in [6, 6.07) is 3.27. The number of pyridine rings is 1. The summed E-state index contributed by atoms with van der Waals surface area (Å²) in [5.41, 5.74) is -1.13. The molecule has 3 fully saturated rings. The van der Waals surface area contributed by atoms with Crippen LogP contribution >= 0.6 is 0 Å². The lowest BCUT2D eigenvalue weighted by atomic mass is 9.74. The average molecular weight is 551 g/mol. The number of hydrogen-bond donors (Lipinski definition) is 0. The van der Waals surface area contributed by atoms with Crippen molar-refractivity contribution < 1.29 is 22.8 Å². The number of hydrogen-bond acceptors (Lipinski definition) is 5. The Balaban J connectivity index is 1.45. The van der Waals surface area contributed by atoms with Crippen LogP contribution in [0.15, 0.2) is 18.3 Å². The van der Waals surface area contributed by atoms with Crippen molar-refractivity contribution in [3.8, 4) is 0 Å². The van der Waals surface area contributed by atoms with Gasteiger partial charge in [-0.2, -0.15) is 13.2 Å². The lowest BCUT2D eigenvalue weighted by Crippen LogP contribution is -2.55. The average Bonchev–Trinajstić information content (AvgIpc) is 3.55. The molecule has 0 bridgehead atoms. The summed E-state index contributed by atoms with van der Waals surface area (Å²) in [7, 11) is 0. The molecular formula is C30H45F3N4O2. The number of aldehydes is 1. The number of alkyl halides is 3. The zero-order chi connectivity index (χ0) is 28.4. The van der Waals surface area contributed by atoms with E-state index in [-0.39, 0.29) is 11.8 Å². The first kappa shape index (κ1) is 29.8. The van der Waals surface area contributed by atoms with Crippen molar-refractivity contribution in [2.45, 2.75) is 103 Å². The zero-order valence-electron chi connectivity index (χ0n) is 23.9. The second-order valence-corrected chi connectivity index (χ2v) is 12.4. The lowest BCUT2D eigenvalue weighted by Gasteiger charge is -2.44. The maximum atomic E-state index is 14.1. The molecule has 2 heterocycles. The Morgan fingerprint density at radius 2 is 1.87 bits per heavy atom. The van der Waals surface area contributed by atoms with E-state index in [0.717, 1.165) is 50.5 Å². The topological polar surface area (TPSA) is 56.8 Å². The van der Waals surface area contributed by atoms with Crippen LogP contribution in [0.25, 0.3) is 0 Å². The van der Waals surface area contributed by atoms with Crippen LogP contribution in [0.4, 0.5) is 19.0 Å². The van der Waals surface area contributed by atoms with E-state index in [2.05, 4.69) is 37.6 Å². The van der Waals surface area contributed by atoms with Gasteiger partial charge in [0.1, 0.15) is 12.1 Å². The highest BCUT2D eigenvalue weighted by Crippen LogP contribution is 2.49. The van der Waals surface area contributed by atoms with Gasteiger partial charge in [-0.25, -0.2) is 4.98 Å². The molecule has 4 atom stereocenters. The fourth-order valence-corrected chi connectivity index (χ4v) is 7.59. The van der Waals surface area contributed by atoms with Crippen molar-refractivity contribution in [3.05, 3.63) is 23.9 Å². The molecular weight excluding hydrogens is 505 g/mol. The van der Waals surface area contributed by atoms with Crippen molar-refractivity contribution in [2.24, 2.45) is 17.3 Å². The van der Waals surface area contributed by atoms with Crippen LogP contribution in [0.2, 0.25) is 0 Å². The third-order valence-electron chi connectivity index (χ3n) is 9.69. The van der Waals surface area contributed by atoms with Gasteiger partial charge < -0.3 is 14.6 Å². The van der Waals surface area contributed by atoms with E-state index in [1.54, 1.807) is 0 Å². The van der Waals surface area contributed by atoms with Gasteiger partial charge in [0.25, 0.3) is 0 Å². The van der Waals surface area contributed by atoms with E-state index in [1.807, 2.05) is 9.80 Å². The highest BCUT2D eigenvalue weighted by molar-refractivity contribution is 5.84. The minimum Gasteiger partial charge on any atom is -0.353 e. The first-order chi connectivity index (χ1) is 18.5. The maximum absolute atomic E-state index is 14.1. The number of amides is 1. The molecule has 2 aliphatic carbocycles. The second kappa shape index (κ2) is 12.1. The standard InChI is InChI=1S/C30H45F3N4O2/c1-21(2)29(12-10-25(20-29)37(22(3)4)26-9-5-7-23(26)8-6-18-38)28(39)36-16-14-35(15-17-36)27-19-24(11-13-34-27)30(31,32)33/h11,13,18-19,21-23,25-26H,5-10,12,14-17,20H2,1-4H3/t23?,25-,26?,29+/m1/s1. The Morgan fingerprint density at radius 1 is 1.15 bits per heavy atom. The quantitative estimate of drug-likeness (QED) is 0.364. The summed E-state index contributed by atoms with van der Waals surface area (Å²) < 4.78 is 39.6. The molecule has 39 heavy (non-hydrogen) atoms. The number of piperazine rings is 1. The molecule has 1 aromatic heterocycles. The van der Waals surface area contributed by atoms with E-state index in [0.29, 0.717) is 62.5 Å². The molecule has 1 amide bonds. The molecule has 9 heteroatoms. The maximum Gasteiger partial charge on any atom is 0.416 e. The number of aromatic nitrogens is 1. The van der Waals surface area contributed by atoms with Gasteiger partial charge in [-0.05, 0) is 76.3 Å². The van der Waals surface area contributed by atoms with Gasteiger partial charge in [0.05, 0.1) is 11.0 Å². The zero-order valence-corrected chi connectivity index (χ0v) is 23.9. The summed E-state index contributed by atoms with van der Waals surface area (Å²) in [5.74, 6) is 1.25. The number of carbonyl (C=O) groups is 2. The SMILES string of the molecule is CC(C)N(C1CCCC1CCC=O)[C@@H]1CC[C@@](C(=O)N2CCN(c3cc(C(F)(F)F)ccn3)CC2)(C(C)C)C1. The monoisotopic (exact) mass is 550 g/mol. The van der Waals surface area contributed by atoms with Gasteiger partial charge in [-0.1, -0.05) is 20.3 Å². The van der Waals surface area contributed by atoms with Gasteiger partial charge in [-0.15, -0.1) is 0 Å². The van der Waals surface area contributed by atoms with Crippen molar-refractivity contribution in [2.75, 3.05) is 31.1 Å². The van der Waals surface area contributed by atoms with E-state index >= 15 is 0 Å². The smallest absolute Gasteiger partial charge is 0.353 e. The fraction of sp³-hybridized carbons (Fsp3) is 0.767. The molecule has 1 saturated heterocycles. The minimum atomic E-state index is -4.41. The molecule has 1 aromatic rings. The van der Waals surface area contributed by atoms with Crippen LogP contribution in [0.3, 0.4) is 0 Å². The van der Waals surface area contributed by atoms with Crippen LogP contribution in [-0.2, 0) is 15.8 Å². The number of nitrogens with zero attached hydrogens (tertiary/aromatic N) is 4. The summed E-state index contributed by atoms with van der Waals surface area (Å²) in [6.07, 6.45) is 5.63. The Morgan fingerprint density at radius 3 is 2.49 bits per heavy atom. The Kier molecular flexibility index (Phi) is 9.29. The molecule has 0 aromatic carbocycles. The highest BCUT2D eigenvalue weighted by atomic mass is 19.4.